The van der Waals surface area contributed by atoms with Gasteiger partial charge in [-0.1, -0.05) is 55.9 Å². The lowest BCUT2D eigenvalue weighted by atomic mass is 9.97. The van der Waals surface area contributed by atoms with Gasteiger partial charge in [-0.15, -0.1) is 10.2 Å². The number of methoxy groups -OCH3 is 1. The van der Waals surface area contributed by atoms with E-state index in [1.807, 2.05) is 22.8 Å². The largest absolute Gasteiger partial charge is 0.383 e. The molecular weight excluding hydrogens is 336 g/mol. The standard InChI is InChI=1S/C18H26N4O2S/c1-14(2)11-16(15-7-5-4-6-8-15)20-17(23)12-25-18-21-19-13-22(18)9-10-24-3/h4-8,13-14,16H,9-12H2,1-3H3,(H,20,23). The van der Waals surface area contributed by atoms with Gasteiger partial charge in [0.1, 0.15) is 6.33 Å². The molecule has 136 valence electrons. The van der Waals surface area contributed by atoms with Gasteiger partial charge in [-0.25, -0.2) is 0 Å². The molecule has 0 saturated carbocycles. The maximum absolute atomic E-state index is 12.4. The Morgan fingerprint density at radius 3 is 2.76 bits per heavy atom. The number of benzene rings is 1. The van der Waals surface area contributed by atoms with Crippen molar-refractivity contribution in [2.45, 2.75) is 38.0 Å². The van der Waals surface area contributed by atoms with Crippen molar-refractivity contribution in [2.24, 2.45) is 5.92 Å². The van der Waals surface area contributed by atoms with E-state index in [9.17, 15) is 4.79 Å². The van der Waals surface area contributed by atoms with Crippen molar-refractivity contribution in [3.63, 3.8) is 0 Å². The zero-order valence-corrected chi connectivity index (χ0v) is 15.8. The molecule has 25 heavy (non-hydrogen) atoms. The monoisotopic (exact) mass is 362 g/mol. The number of hydrogen-bond donors (Lipinski definition) is 1. The van der Waals surface area contributed by atoms with Crippen LogP contribution in [0.2, 0.25) is 0 Å². The van der Waals surface area contributed by atoms with Crippen LogP contribution < -0.4 is 5.32 Å². The molecule has 0 bridgehead atoms. The highest BCUT2D eigenvalue weighted by Crippen LogP contribution is 2.22. The molecule has 0 radical (unpaired) electrons. The molecule has 0 aliphatic carbocycles. The zero-order chi connectivity index (χ0) is 18.1. The number of nitrogens with one attached hydrogen (secondary N) is 1. The van der Waals surface area contributed by atoms with Gasteiger partial charge in [0.15, 0.2) is 5.16 Å². The third-order valence-electron chi connectivity index (χ3n) is 3.69. The molecule has 0 aliphatic rings. The summed E-state index contributed by atoms with van der Waals surface area (Å²) in [6, 6.07) is 10.1. The smallest absolute Gasteiger partial charge is 0.230 e. The molecule has 2 aromatic rings. The lowest BCUT2D eigenvalue weighted by Crippen LogP contribution is -2.31. The van der Waals surface area contributed by atoms with Crippen LogP contribution in [0.1, 0.15) is 31.9 Å². The van der Waals surface area contributed by atoms with Crippen molar-refractivity contribution in [2.75, 3.05) is 19.5 Å². The van der Waals surface area contributed by atoms with Crippen LogP contribution >= 0.6 is 11.8 Å². The average Bonchev–Trinajstić information content (AvgIpc) is 3.05. The molecule has 0 fully saturated rings. The molecule has 7 heteroatoms. The minimum Gasteiger partial charge on any atom is -0.383 e. The van der Waals surface area contributed by atoms with Crippen LogP contribution in [0.4, 0.5) is 0 Å². The fourth-order valence-electron chi connectivity index (χ4n) is 2.50. The second-order valence-corrected chi connectivity index (χ2v) is 7.19. The number of rotatable bonds is 10. The minimum atomic E-state index is 0.000736. The van der Waals surface area contributed by atoms with E-state index in [4.69, 9.17) is 4.74 Å². The molecular formula is C18H26N4O2S. The van der Waals surface area contributed by atoms with Crippen LogP contribution in [0.5, 0.6) is 0 Å². The maximum Gasteiger partial charge on any atom is 0.230 e. The Hall–Kier alpha value is -1.86. The van der Waals surface area contributed by atoms with Gasteiger partial charge in [0.2, 0.25) is 5.91 Å². The molecule has 0 aliphatic heterocycles. The molecule has 1 N–H and O–H groups in total. The van der Waals surface area contributed by atoms with Crippen molar-refractivity contribution in [1.29, 1.82) is 0 Å². The van der Waals surface area contributed by atoms with Gasteiger partial charge in [0.25, 0.3) is 0 Å². The molecule has 0 saturated heterocycles. The molecule has 0 spiro atoms. The predicted octanol–water partition coefficient (Wildman–Crippen LogP) is 2.92. The highest BCUT2D eigenvalue weighted by molar-refractivity contribution is 7.99. The van der Waals surface area contributed by atoms with E-state index < -0.39 is 0 Å². The van der Waals surface area contributed by atoms with Crippen molar-refractivity contribution in [3.05, 3.63) is 42.2 Å². The summed E-state index contributed by atoms with van der Waals surface area (Å²) in [5, 5.41) is 11.8. The Balaban J connectivity index is 1.92. The van der Waals surface area contributed by atoms with Crippen molar-refractivity contribution >= 4 is 17.7 Å². The van der Waals surface area contributed by atoms with Gasteiger partial charge in [-0.2, -0.15) is 0 Å². The SMILES string of the molecule is COCCn1cnnc1SCC(=O)NC(CC(C)C)c1ccccc1. The highest BCUT2D eigenvalue weighted by atomic mass is 32.2. The third kappa shape index (κ3) is 6.51. The summed E-state index contributed by atoms with van der Waals surface area (Å²) < 4.78 is 6.96. The molecule has 6 nitrogen and oxygen atoms in total. The summed E-state index contributed by atoms with van der Waals surface area (Å²) in [6.07, 6.45) is 2.56. The molecule has 1 amide bonds. The van der Waals surface area contributed by atoms with Crippen LogP contribution in [0.25, 0.3) is 0 Å². The lowest BCUT2D eigenvalue weighted by Gasteiger charge is -2.21. The van der Waals surface area contributed by atoms with Crippen LogP contribution in [0.15, 0.2) is 41.8 Å². The summed E-state index contributed by atoms with van der Waals surface area (Å²) in [7, 11) is 1.66. The van der Waals surface area contributed by atoms with E-state index in [2.05, 4.69) is 41.5 Å². The Kier molecular flexibility index (Phi) is 7.94. The van der Waals surface area contributed by atoms with Crippen molar-refractivity contribution < 1.29 is 9.53 Å². The van der Waals surface area contributed by atoms with Gasteiger partial charge in [-0.3, -0.25) is 4.79 Å². The number of carbonyl (C=O) groups is 1. The zero-order valence-electron chi connectivity index (χ0n) is 15.0. The average molecular weight is 362 g/mol. The Labute approximate surface area is 153 Å². The molecule has 1 aromatic carbocycles. The molecule has 2 rings (SSSR count). The summed E-state index contributed by atoms with van der Waals surface area (Å²) in [5.74, 6) is 0.809. The molecule has 1 heterocycles. The Morgan fingerprint density at radius 1 is 1.32 bits per heavy atom. The number of carbonyl (C=O) groups excluding carboxylic acids is 1. The number of thioether (sulfide) groups is 1. The first-order chi connectivity index (χ1) is 12.1. The second-order valence-electron chi connectivity index (χ2n) is 6.25. The topological polar surface area (TPSA) is 69.0 Å². The maximum atomic E-state index is 12.4. The first-order valence-corrected chi connectivity index (χ1v) is 9.42. The van der Waals surface area contributed by atoms with Crippen LogP contribution in [0, 0.1) is 5.92 Å². The van der Waals surface area contributed by atoms with E-state index in [1.165, 1.54) is 11.8 Å². The highest BCUT2D eigenvalue weighted by Gasteiger charge is 2.17. The second kappa shape index (κ2) is 10.2. The van der Waals surface area contributed by atoms with E-state index in [0.717, 1.165) is 17.1 Å². The van der Waals surface area contributed by atoms with Gasteiger partial charge >= 0.3 is 0 Å². The predicted molar refractivity (Wildman–Crippen MR) is 99.4 cm³/mol. The summed E-state index contributed by atoms with van der Waals surface area (Å²) in [6.45, 7) is 5.58. The van der Waals surface area contributed by atoms with Crippen LogP contribution in [-0.4, -0.2) is 40.1 Å². The number of amides is 1. The van der Waals surface area contributed by atoms with E-state index in [1.54, 1.807) is 13.4 Å². The fraction of sp³-hybridized carbons (Fsp3) is 0.500. The van der Waals surface area contributed by atoms with Crippen molar-refractivity contribution in [1.82, 2.24) is 20.1 Å². The van der Waals surface area contributed by atoms with Crippen LogP contribution in [0.3, 0.4) is 0 Å². The minimum absolute atomic E-state index is 0.000736. The van der Waals surface area contributed by atoms with E-state index in [-0.39, 0.29) is 11.9 Å². The first-order valence-electron chi connectivity index (χ1n) is 8.44. The summed E-state index contributed by atoms with van der Waals surface area (Å²) >= 11 is 1.39. The van der Waals surface area contributed by atoms with Gasteiger partial charge in [0, 0.05) is 13.7 Å². The van der Waals surface area contributed by atoms with E-state index in [0.29, 0.717) is 24.8 Å². The molecule has 1 unspecified atom stereocenters. The summed E-state index contributed by atoms with van der Waals surface area (Å²) in [5.41, 5.74) is 1.14. The third-order valence-corrected chi connectivity index (χ3v) is 4.67. The fourth-order valence-corrected chi connectivity index (χ4v) is 3.25. The molecule has 1 atom stereocenters. The number of ether oxygens (including phenoxy) is 1. The Bertz CT molecular complexity index is 646. The van der Waals surface area contributed by atoms with Gasteiger partial charge in [0.05, 0.1) is 18.4 Å². The normalized spacial score (nSPS) is 12.3. The molecule has 1 aromatic heterocycles. The quantitative estimate of drug-likeness (QED) is 0.658. The number of nitrogens with zero attached hydrogens (tertiary/aromatic N) is 3. The first kappa shape index (κ1) is 19.5. The summed E-state index contributed by atoms with van der Waals surface area (Å²) in [4.78, 5) is 12.4. The van der Waals surface area contributed by atoms with Gasteiger partial charge < -0.3 is 14.6 Å². The Morgan fingerprint density at radius 2 is 2.08 bits per heavy atom. The van der Waals surface area contributed by atoms with Gasteiger partial charge in [-0.05, 0) is 17.9 Å². The lowest BCUT2D eigenvalue weighted by molar-refractivity contribution is -0.119. The van der Waals surface area contributed by atoms with Crippen molar-refractivity contribution in [3.8, 4) is 0 Å². The van der Waals surface area contributed by atoms with E-state index >= 15 is 0 Å². The van der Waals surface area contributed by atoms with Crippen LogP contribution in [-0.2, 0) is 16.1 Å². The number of hydrogen-bond acceptors (Lipinski definition) is 5. The number of aromatic nitrogens is 3.